The molecule has 0 spiro atoms. The summed E-state index contributed by atoms with van der Waals surface area (Å²) in [7, 11) is 1.79. The van der Waals surface area contributed by atoms with Gasteiger partial charge in [-0.15, -0.1) is 0 Å². The van der Waals surface area contributed by atoms with Crippen LogP contribution in [0.3, 0.4) is 0 Å². The summed E-state index contributed by atoms with van der Waals surface area (Å²) < 4.78 is 5.60. The molecule has 0 saturated carbocycles. The largest absolute Gasteiger partial charge is 0.480 e. The van der Waals surface area contributed by atoms with Crippen molar-refractivity contribution in [3.05, 3.63) is 124 Å². The minimum absolute atomic E-state index is 0.0917. The van der Waals surface area contributed by atoms with Crippen molar-refractivity contribution >= 4 is 35.3 Å². The molecule has 4 aromatic rings. The Labute approximate surface area is 248 Å². The fourth-order valence-corrected chi connectivity index (χ4v) is 5.37. The fraction of sp³-hybridized carbons (Fsp3) is 0.182. The van der Waals surface area contributed by atoms with Crippen LogP contribution in [0.1, 0.15) is 33.0 Å². The number of hydrogen-bond acceptors (Lipinski definition) is 5. The second-order valence-electron chi connectivity index (χ2n) is 10.2. The quantitative estimate of drug-likeness (QED) is 0.211. The summed E-state index contributed by atoms with van der Waals surface area (Å²) in [5.41, 5.74) is 5.76. The zero-order valence-electron chi connectivity index (χ0n) is 22.9. The molecule has 3 N–H and O–H groups in total. The second kappa shape index (κ2) is 12.9. The second-order valence-corrected chi connectivity index (χ2v) is 10.6. The summed E-state index contributed by atoms with van der Waals surface area (Å²) in [5, 5.41) is 15.1. The van der Waals surface area contributed by atoms with Crippen LogP contribution in [0.25, 0.3) is 11.1 Å². The zero-order chi connectivity index (χ0) is 29.6. The standard InChI is InChI=1S/C33H30ClN3O5/c1-37(18-21-9-3-2-4-10-21)19-30(32(39)40)35-31(38)22-15-16-28(34)29(17-22)36-33(41)42-20-27-25-13-7-5-11-23(25)24-12-6-8-14-26(24)27/h2-17,27,30H,18-20H2,1H3,(H,35,38)(H,36,41)(H,39,40). The van der Waals surface area contributed by atoms with Gasteiger partial charge >= 0.3 is 12.1 Å². The lowest BCUT2D eigenvalue weighted by Crippen LogP contribution is -2.47. The number of nitrogens with zero attached hydrogens (tertiary/aromatic N) is 1. The highest BCUT2D eigenvalue weighted by Crippen LogP contribution is 2.44. The number of aliphatic carboxylic acids is 1. The van der Waals surface area contributed by atoms with Crippen LogP contribution < -0.4 is 10.6 Å². The number of carbonyl (C=O) groups is 3. The van der Waals surface area contributed by atoms with E-state index in [2.05, 4.69) is 22.8 Å². The Hall–Kier alpha value is -4.66. The predicted octanol–water partition coefficient (Wildman–Crippen LogP) is 6.02. The van der Waals surface area contributed by atoms with Crippen LogP contribution in [0.5, 0.6) is 0 Å². The van der Waals surface area contributed by atoms with Gasteiger partial charge in [0.2, 0.25) is 0 Å². The highest BCUT2D eigenvalue weighted by molar-refractivity contribution is 6.33. The Morgan fingerprint density at radius 2 is 1.52 bits per heavy atom. The van der Waals surface area contributed by atoms with E-state index in [1.807, 2.05) is 71.6 Å². The number of likely N-dealkylation sites (N-methyl/N-ethyl adjacent to an activating group) is 1. The van der Waals surface area contributed by atoms with E-state index in [9.17, 15) is 19.5 Å². The van der Waals surface area contributed by atoms with E-state index in [4.69, 9.17) is 16.3 Å². The van der Waals surface area contributed by atoms with Gasteiger partial charge in [-0.1, -0.05) is 90.5 Å². The monoisotopic (exact) mass is 583 g/mol. The predicted molar refractivity (Wildman–Crippen MR) is 162 cm³/mol. The first-order chi connectivity index (χ1) is 20.3. The van der Waals surface area contributed by atoms with E-state index in [1.165, 1.54) is 18.2 Å². The molecule has 4 aromatic carbocycles. The van der Waals surface area contributed by atoms with Crippen molar-refractivity contribution in [2.24, 2.45) is 0 Å². The molecule has 0 aromatic heterocycles. The summed E-state index contributed by atoms with van der Waals surface area (Å²) in [6, 6.07) is 28.9. The number of nitrogens with one attached hydrogen (secondary N) is 2. The van der Waals surface area contributed by atoms with Crippen molar-refractivity contribution < 1.29 is 24.2 Å². The number of carboxylic acids is 1. The van der Waals surface area contributed by atoms with Gasteiger partial charge in [0.1, 0.15) is 12.6 Å². The van der Waals surface area contributed by atoms with Crippen molar-refractivity contribution in [3.63, 3.8) is 0 Å². The molecule has 0 radical (unpaired) electrons. The van der Waals surface area contributed by atoms with Crippen molar-refractivity contribution in [1.82, 2.24) is 10.2 Å². The Bertz CT molecular complexity index is 1570. The molecule has 1 atom stereocenters. The summed E-state index contributed by atoms with van der Waals surface area (Å²) in [6.45, 7) is 0.735. The Balaban J connectivity index is 1.21. The minimum atomic E-state index is -1.16. The molecule has 5 rings (SSSR count). The smallest absolute Gasteiger partial charge is 0.411 e. The molecule has 0 fully saturated rings. The van der Waals surface area contributed by atoms with E-state index in [1.54, 1.807) is 7.05 Å². The molecule has 1 aliphatic carbocycles. The Morgan fingerprint density at radius 3 is 2.17 bits per heavy atom. The topological polar surface area (TPSA) is 108 Å². The summed E-state index contributed by atoms with van der Waals surface area (Å²) in [4.78, 5) is 39.5. The lowest BCUT2D eigenvalue weighted by atomic mass is 9.98. The molecule has 8 nitrogen and oxygen atoms in total. The van der Waals surface area contributed by atoms with E-state index >= 15 is 0 Å². The molecule has 2 amide bonds. The van der Waals surface area contributed by atoms with Crippen LogP contribution in [-0.4, -0.2) is 54.2 Å². The van der Waals surface area contributed by atoms with Crippen molar-refractivity contribution in [1.29, 1.82) is 0 Å². The summed E-state index contributed by atoms with van der Waals surface area (Å²) >= 11 is 6.31. The lowest BCUT2D eigenvalue weighted by molar-refractivity contribution is -0.139. The molecule has 0 heterocycles. The summed E-state index contributed by atoms with van der Waals surface area (Å²) in [6.07, 6.45) is -0.720. The van der Waals surface area contributed by atoms with E-state index < -0.39 is 24.0 Å². The average molecular weight is 584 g/mol. The molecule has 0 aliphatic heterocycles. The van der Waals surface area contributed by atoms with Gasteiger partial charge in [-0.25, -0.2) is 9.59 Å². The lowest BCUT2D eigenvalue weighted by Gasteiger charge is -2.22. The fourth-order valence-electron chi connectivity index (χ4n) is 5.21. The Kier molecular flexibility index (Phi) is 8.85. The highest BCUT2D eigenvalue weighted by atomic mass is 35.5. The van der Waals surface area contributed by atoms with Crippen LogP contribution in [0.15, 0.2) is 97.1 Å². The number of ether oxygens (including phenoxy) is 1. The minimum Gasteiger partial charge on any atom is -0.480 e. The number of hydrogen-bond donors (Lipinski definition) is 3. The van der Waals surface area contributed by atoms with Crippen LogP contribution in [0.4, 0.5) is 10.5 Å². The first kappa shape index (κ1) is 28.9. The third-order valence-electron chi connectivity index (χ3n) is 7.20. The first-order valence-electron chi connectivity index (χ1n) is 13.5. The number of rotatable bonds is 10. The maximum Gasteiger partial charge on any atom is 0.411 e. The van der Waals surface area contributed by atoms with Crippen LogP contribution in [0, 0.1) is 0 Å². The van der Waals surface area contributed by atoms with Gasteiger partial charge in [0, 0.05) is 24.6 Å². The molecule has 1 unspecified atom stereocenters. The first-order valence-corrected chi connectivity index (χ1v) is 13.9. The molecular formula is C33H30ClN3O5. The highest BCUT2D eigenvalue weighted by Gasteiger charge is 2.29. The molecule has 9 heteroatoms. The number of amides is 2. The maximum absolute atomic E-state index is 13.0. The van der Waals surface area contributed by atoms with Gasteiger partial charge in [0.05, 0.1) is 10.7 Å². The normalized spacial score (nSPS) is 12.7. The molecular weight excluding hydrogens is 554 g/mol. The third-order valence-corrected chi connectivity index (χ3v) is 7.53. The third kappa shape index (κ3) is 6.62. The molecule has 42 heavy (non-hydrogen) atoms. The van der Waals surface area contributed by atoms with Gasteiger partial charge < -0.3 is 15.2 Å². The SMILES string of the molecule is CN(Cc1ccccc1)CC(NC(=O)c1ccc(Cl)c(NC(=O)OCC2c3ccccc3-c3ccccc32)c1)C(=O)O. The van der Waals surface area contributed by atoms with E-state index in [-0.39, 0.29) is 35.3 Å². The van der Waals surface area contributed by atoms with Crippen molar-refractivity contribution in [2.75, 3.05) is 25.5 Å². The van der Waals surface area contributed by atoms with Gasteiger partial charge in [0.25, 0.3) is 5.91 Å². The van der Waals surface area contributed by atoms with Crippen LogP contribution >= 0.6 is 11.6 Å². The van der Waals surface area contributed by atoms with Crippen molar-refractivity contribution in [2.45, 2.75) is 18.5 Å². The van der Waals surface area contributed by atoms with Gasteiger partial charge in [-0.2, -0.15) is 0 Å². The van der Waals surface area contributed by atoms with Crippen molar-refractivity contribution in [3.8, 4) is 11.1 Å². The molecule has 1 aliphatic rings. The molecule has 0 saturated heterocycles. The number of benzene rings is 4. The number of fused-ring (bicyclic) bond motifs is 3. The van der Waals surface area contributed by atoms with E-state index in [0.717, 1.165) is 27.8 Å². The van der Waals surface area contributed by atoms with Gasteiger partial charge in [-0.3, -0.25) is 15.0 Å². The van der Waals surface area contributed by atoms with Gasteiger partial charge in [0.15, 0.2) is 0 Å². The van der Waals surface area contributed by atoms with Crippen LogP contribution in [0.2, 0.25) is 5.02 Å². The number of carbonyl (C=O) groups excluding carboxylic acids is 2. The van der Waals surface area contributed by atoms with E-state index in [0.29, 0.717) is 6.54 Å². The molecule has 0 bridgehead atoms. The van der Waals surface area contributed by atoms with Crippen LogP contribution in [-0.2, 0) is 16.1 Å². The number of carboxylic acid groups (broad SMARTS) is 1. The van der Waals surface area contributed by atoms with Gasteiger partial charge in [-0.05, 0) is 53.1 Å². The number of anilines is 1. The maximum atomic E-state index is 13.0. The zero-order valence-corrected chi connectivity index (χ0v) is 23.7. The Morgan fingerprint density at radius 1 is 0.905 bits per heavy atom. The number of halogens is 1. The average Bonchev–Trinajstić information content (AvgIpc) is 3.31. The molecule has 214 valence electrons. The summed E-state index contributed by atoms with van der Waals surface area (Å²) in [5.74, 6) is -1.87.